The summed E-state index contributed by atoms with van der Waals surface area (Å²) < 4.78 is 3.24. The van der Waals surface area contributed by atoms with E-state index in [0.29, 0.717) is 11.3 Å². The Balaban J connectivity index is 2.11. The fourth-order valence-corrected chi connectivity index (χ4v) is 6.11. The molecule has 0 radical (unpaired) electrons. The number of hydrogen-bond acceptors (Lipinski definition) is 4. The summed E-state index contributed by atoms with van der Waals surface area (Å²) in [7, 11) is 4.13. The van der Waals surface area contributed by atoms with Crippen molar-refractivity contribution in [2.75, 3.05) is 24.3 Å². The molecule has 1 saturated heterocycles. The van der Waals surface area contributed by atoms with Gasteiger partial charge in [0.15, 0.2) is 0 Å². The highest BCUT2D eigenvalue weighted by Crippen LogP contribution is 2.30. The molecule has 2 atom stereocenters. The largest absolute Gasteiger partial charge is 0.315 e. The van der Waals surface area contributed by atoms with E-state index in [0.717, 1.165) is 18.5 Å². The number of aryl methyl sites for hydroxylation is 2. The molecule has 0 saturated carbocycles. The van der Waals surface area contributed by atoms with Crippen LogP contribution in [0.2, 0.25) is 0 Å². The molecule has 6 heteroatoms. The van der Waals surface area contributed by atoms with Crippen molar-refractivity contribution in [1.29, 1.82) is 0 Å². The molecular weight excluding hydrogens is 342 g/mol. The number of likely N-dealkylation sites (N-methyl/N-ethyl adjacent to an activating group) is 1. The van der Waals surface area contributed by atoms with Gasteiger partial charge >= 0.3 is 0 Å². The van der Waals surface area contributed by atoms with Crippen LogP contribution in [0, 0.1) is 0 Å². The molecule has 19 heavy (non-hydrogen) atoms. The highest BCUT2D eigenvalue weighted by atomic mass is 79.9. The van der Waals surface area contributed by atoms with Gasteiger partial charge in [-0.3, -0.25) is 4.68 Å². The van der Waals surface area contributed by atoms with E-state index in [1.165, 1.54) is 27.4 Å². The highest BCUT2D eigenvalue weighted by Gasteiger charge is 2.26. The third kappa shape index (κ3) is 3.71. The van der Waals surface area contributed by atoms with Gasteiger partial charge < -0.3 is 5.32 Å². The fourth-order valence-electron chi connectivity index (χ4n) is 2.41. The van der Waals surface area contributed by atoms with E-state index in [9.17, 15) is 0 Å². The summed E-state index contributed by atoms with van der Waals surface area (Å²) in [5.74, 6) is 3.83. The first-order valence-corrected chi connectivity index (χ1v) is 9.73. The van der Waals surface area contributed by atoms with Gasteiger partial charge in [-0.05, 0) is 29.4 Å². The maximum absolute atomic E-state index is 4.59. The quantitative estimate of drug-likeness (QED) is 0.870. The van der Waals surface area contributed by atoms with Crippen molar-refractivity contribution in [2.24, 2.45) is 7.05 Å². The molecule has 1 aromatic heterocycles. The van der Waals surface area contributed by atoms with E-state index in [4.69, 9.17) is 0 Å². The van der Waals surface area contributed by atoms with E-state index in [2.05, 4.69) is 70.9 Å². The maximum atomic E-state index is 4.59. The Kier molecular flexibility index (Phi) is 6.11. The van der Waals surface area contributed by atoms with E-state index in [-0.39, 0.29) is 0 Å². The lowest BCUT2D eigenvalue weighted by molar-refractivity contribution is 0.533. The molecule has 1 fully saturated rings. The average molecular weight is 364 g/mol. The van der Waals surface area contributed by atoms with Crippen LogP contribution in [-0.4, -0.2) is 45.4 Å². The lowest BCUT2D eigenvalue weighted by Gasteiger charge is -2.29. The number of nitrogens with one attached hydrogen (secondary N) is 1. The molecule has 1 aromatic rings. The molecular formula is C13H22BrN3S2. The number of thioether (sulfide) groups is 2. The van der Waals surface area contributed by atoms with Gasteiger partial charge in [0.1, 0.15) is 0 Å². The molecule has 1 aliphatic heterocycles. The van der Waals surface area contributed by atoms with E-state index >= 15 is 0 Å². The second-order valence-corrected chi connectivity index (χ2v) is 8.06. The van der Waals surface area contributed by atoms with Gasteiger partial charge in [-0.2, -0.15) is 28.6 Å². The van der Waals surface area contributed by atoms with Gasteiger partial charge in [0, 0.05) is 42.0 Å². The Labute approximate surface area is 132 Å². The lowest BCUT2D eigenvalue weighted by atomic mass is 10.1. The normalized spacial score (nSPS) is 21.6. The fraction of sp³-hybridized carbons (Fsp3) is 0.769. The second kappa shape index (κ2) is 7.38. The van der Waals surface area contributed by atoms with Crippen LogP contribution < -0.4 is 5.32 Å². The van der Waals surface area contributed by atoms with Crippen molar-refractivity contribution in [3.8, 4) is 0 Å². The third-order valence-electron chi connectivity index (χ3n) is 3.58. The first-order valence-electron chi connectivity index (χ1n) is 6.74. The van der Waals surface area contributed by atoms with Crippen molar-refractivity contribution in [3.05, 3.63) is 15.9 Å². The van der Waals surface area contributed by atoms with Gasteiger partial charge in [0.2, 0.25) is 0 Å². The predicted molar refractivity (Wildman–Crippen MR) is 90.4 cm³/mol. The molecule has 0 aliphatic carbocycles. The summed E-state index contributed by atoms with van der Waals surface area (Å²) in [6.45, 7) is 2.15. The lowest BCUT2D eigenvalue weighted by Crippen LogP contribution is -2.41. The molecule has 3 nitrogen and oxygen atoms in total. The van der Waals surface area contributed by atoms with Gasteiger partial charge in [-0.15, -0.1) is 0 Å². The minimum atomic E-state index is 0.522. The van der Waals surface area contributed by atoms with Crippen molar-refractivity contribution in [1.82, 2.24) is 15.1 Å². The molecule has 0 amide bonds. The van der Waals surface area contributed by atoms with Crippen LogP contribution in [0.5, 0.6) is 0 Å². The van der Waals surface area contributed by atoms with Gasteiger partial charge in [-0.25, -0.2) is 0 Å². The van der Waals surface area contributed by atoms with E-state index < -0.39 is 0 Å². The Bertz CT molecular complexity index is 416. The standard InChI is InChI=1S/C13H22BrN3S2/c1-4-9-13(14)11(17(3)16-9)7-10(15-2)12-8-18-5-6-19-12/h10,12,15H,4-8H2,1-3H3. The first-order chi connectivity index (χ1) is 9.17. The van der Waals surface area contributed by atoms with Crippen molar-refractivity contribution >= 4 is 39.5 Å². The summed E-state index contributed by atoms with van der Waals surface area (Å²) in [4.78, 5) is 0. The van der Waals surface area contributed by atoms with Crippen molar-refractivity contribution < 1.29 is 0 Å². The average Bonchev–Trinajstić information content (AvgIpc) is 2.72. The maximum Gasteiger partial charge on any atom is 0.0766 e. The van der Waals surface area contributed by atoms with Crippen molar-refractivity contribution in [2.45, 2.75) is 31.1 Å². The Morgan fingerprint density at radius 1 is 1.53 bits per heavy atom. The van der Waals surface area contributed by atoms with Gasteiger partial charge in [0.05, 0.1) is 15.9 Å². The van der Waals surface area contributed by atoms with Crippen LogP contribution in [0.1, 0.15) is 18.3 Å². The summed E-state index contributed by atoms with van der Waals surface area (Å²) in [6.07, 6.45) is 2.02. The van der Waals surface area contributed by atoms with Crippen LogP contribution in [0.4, 0.5) is 0 Å². The summed E-state index contributed by atoms with van der Waals surface area (Å²) in [5.41, 5.74) is 2.48. The molecule has 2 rings (SSSR count). The van der Waals surface area contributed by atoms with Gasteiger partial charge in [0.25, 0.3) is 0 Å². The molecule has 2 heterocycles. The highest BCUT2D eigenvalue weighted by molar-refractivity contribution is 9.10. The molecule has 0 bridgehead atoms. The molecule has 0 aromatic carbocycles. The zero-order valence-corrected chi connectivity index (χ0v) is 15.0. The Morgan fingerprint density at radius 3 is 2.84 bits per heavy atom. The first kappa shape index (κ1) is 15.7. The molecule has 1 N–H and O–H groups in total. The number of aromatic nitrogens is 2. The molecule has 2 unspecified atom stereocenters. The van der Waals surface area contributed by atoms with E-state index in [1.807, 2.05) is 4.68 Å². The zero-order chi connectivity index (χ0) is 13.8. The SMILES string of the molecule is CCc1nn(C)c(CC(NC)C2CSCCS2)c1Br. The van der Waals surface area contributed by atoms with Crippen molar-refractivity contribution in [3.63, 3.8) is 0 Å². The van der Waals surface area contributed by atoms with Crippen LogP contribution in [0.15, 0.2) is 4.47 Å². The van der Waals surface area contributed by atoms with Crippen LogP contribution >= 0.6 is 39.5 Å². The Morgan fingerprint density at radius 2 is 2.32 bits per heavy atom. The minimum absolute atomic E-state index is 0.522. The summed E-state index contributed by atoms with van der Waals surface area (Å²) in [5, 5.41) is 8.80. The van der Waals surface area contributed by atoms with Crippen LogP contribution in [-0.2, 0) is 19.9 Å². The number of rotatable bonds is 5. The topological polar surface area (TPSA) is 29.9 Å². The monoisotopic (exact) mass is 363 g/mol. The third-order valence-corrected chi connectivity index (χ3v) is 7.41. The second-order valence-electron chi connectivity index (χ2n) is 4.77. The Hall–Kier alpha value is 0.350. The van der Waals surface area contributed by atoms with Gasteiger partial charge in [-0.1, -0.05) is 6.92 Å². The summed E-state index contributed by atoms with van der Waals surface area (Å²) >= 11 is 7.91. The molecule has 108 valence electrons. The van der Waals surface area contributed by atoms with Crippen LogP contribution in [0.3, 0.4) is 0 Å². The number of nitrogens with zero attached hydrogens (tertiary/aromatic N) is 2. The predicted octanol–water partition coefficient (Wildman–Crippen LogP) is 2.72. The number of halogens is 1. The van der Waals surface area contributed by atoms with E-state index in [1.54, 1.807) is 0 Å². The minimum Gasteiger partial charge on any atom is -0.315 e. The number of hydrogen-bond donors (Lipinski definition) is 1. The molecule has 1 aliphatic rings. The van der Waals surface area contributed by atoms with Crippen LogP contribution in [0.25, 0.3) is 0 Å². The molecule has 0 spiro atoms. The zero-order valence-electron chi connectivity index (χ0n) is 11.8. The summed E-state index contributed by atoms with van der Waals surface area (Å²) in [6, 6.07) is 0.522. The smallest absolute Gasteiger partial charge is 0.0766 e.